The number of rotatable bonds is 5. The maximum Gasteiger partial charge on any atom is 0.338 e. The summed E-state index contributed by atoms with van der Waals surface area (Å²) in [6, 6.07) is 25.0. The van der Waals surface area contributed by atoms with Gasteiger partial charge in [0.2, 0.25) is 0 Å². The summed E-state index contributed by atoms with van der Waals surface area (Å²) < 4.78 is 14.2. The van der Waals surface area contributed by atoms with Crippen LogP contribution < -0.4 is 0 Å². The first-order valence-corrected chi connectivity index (χ1v) is 9.08. The van der Waals surface area contributed by atoms with Crippen LogP contribution in [0.1, 0.15) is 36.6 Å². The van der Waals surface area contributed by atoms with Gasteiger partial charge in [-0.05, 0) is 29.8 Å². The van der Waals surface area contributed by atoms with Gasteiger partial charge < -0.3 is 14.2 Å². The monoisotopic (exact) mass is 406 g/mol. The van der Waals surface area contributed by atoms with Crippen molar-refractivity contribution in [3.8, 4) is 0 Å². The smallest absolute Gasteiger partial charge is 0.338 e. The molecule has 0 radical (unpaired) electrons. The van der Waals surface area contributed by atoms with E-state index in [0.29, 0.717) is 12.2 Å². The van der Waals surface area contributed by atoms with Crippen LogP contribution in [0.2, 0.25) is 0 Å². The van der Waals surface area contributed by atoms with Crippen molar-refractivity contribution in [1.29, 1.82) is 0 Å². The van der Waals surface area contributed by atoms with Gasteiger partial charge in [-0.15, -0.1) is 0 Å². The molecule has 0 fully saturated rings. The minimum atomic E-state index is -0.550. The molecule has 0 atom stereocenters. The molecule has 0 unspecified atom stereocenters. The zero-order valence-corrected chi connectivity index (χ0v) is 16.7. The normalized spacial score (nSPS) is 9.53. The number of carbonyl (C=O) groups is 3. The molecule has 0 aromatic heterocycles. The Balaban J connectivity index is 0.000000216. The predicted molar refractivity (Wildman–Crippen MR) is 111 cm³/mol. The Labute approximate surface area is 175 Å². The summed E-state index contributed by atoms with van der Waals surface area (Å²) in [6.45, 7) is 0.314. The molecule has 30 heavy (non-hydrogen) atoms. The van der Waals surface area contributed by atoms with Gasteiger partial charge >= 0.3 is 17.9 Å². The van der Waals surface area contributed by atoms with E-state index in [1.54, 1.807) is 24.3 Å². The molecule has 0 bridgehead atoms. The number of benzene rings is 3. The van der Waals surface area contributed by atoms with E-state index in [4.69, 9.17) is 4.74 Å². The Morgan fingerprint density at radius 1 is 0.600 bits per heavy atom. The molecule has 0 aliphatic rings. The lowest BCUT2D eigenvalue weighted by Crippen LogP contribution is -2.11. The first-order chi connectivity index (χ1) is 14.6. The van der Waals surface area contributed by atoms with Crippen molar-refractivity contribution >= 4 is 17.9 Å². The molecule has 0 heterocycles. The van der Waals surface area contributed by atoms with Crippen LogP contribution in [0.15, 0.2) is 84.9 Å². The Morgan fingerprint density at radius 3 is 1.50 bits per heavy atom. The van der Waals surface area contributed by atoms with Gasteiger partial charge in [0, 0.05) is 0 Å². The summed E-state index contributed by atoms with van der Waals surface area (Å²) in [4.78, 5) is 34.0. The van der Waals surface area contributed by atoms with E-state index in [9.17, 15) is 14.4 Å². The fraction of sp³-hybridized carbons (Fsp3) is 0.125. The van der Waals surface area contributed by atoms with Crippen LogP contribution in [0.5, 0.6) is 0 Å². The molecule has 3 aromatic carbocycles. The molecule has 6 heteroatoms. The molecule has 0 saturated carbocycles. The van der Waals surface area contributed by atoms with E-state index in [2.05, 4.69) is 9.47 Å². The summed E-state index contributed by atoms with van der Waals surface area (Å²) in [6.07, 6.45) is 0. The molecular formula is C24H22O6. The maximum absolute atomic E-state index is 11.6. The molecule has 3 rings (SSSR count). The first-order valence-electron chi connectivity index (χ1n) is 9.08. The van der Waals surface area contributed by atoms with Gasteiger partial charge in [-0.3, -0.25) is 0 Å². The van der Waals surface area contributed by atoms with Crippen molar-refractivity contribution in [2.45, 2.75) is 6.61 Å². The predicted octanol–water partition coefficient (Wildman–Crippen LogP) is 4.30. The highest BCUT2D eigenvalue weighted by Crippen LogP contribution is 2.11. The summed E-state index contributed by atoms with van der Waals surface area (Å²) in [5.74, 6) is -1.39. The Bertz CT molecular complexity index is 932. The van der Waals surface area contributed by atoms with Crippen LogP contribution >= 0.6 is 0 Å². The SMILES string of the molecule is COC(=O)c1ccccc1C(=O)OC.O=C(OCc1ccccc1)c1ccccc1. The molecule has 154 valence electrons. The highest BCUT2D eigenvalue weighted by atomic mass is 16.5. The number of hydrogen-bond donors (Lipinski definition) is 0. The van der Waals surface area contributed by atoms with E-state index < -0.39 is 11.9 Å². The lowest BCUT2D eigenvalue weighted by Gasteiger charge is -2.04. The minimum absolute atomic E-state index is 0.210. The van der Waals surface area contributed by atoms with Gasteiger partial charge in [0.15, 0.2) is 0 Å². The van der Waals surface area contributed by atoms with E-state index in [-0.39, 0.29) is 17.1 Å². The van der Waals surface area contributed by atoms with Gasteiger partial charge in [0.25, 0.3) is 0 Å². The number of esters is 3. The van der Waals surface area contributed by atoms with Crippen LogP contribution in [-0.4, -0.2) is 32.1 Å². The first kappa shape index (κ1) is 22.4. The van der Waals surface area contributed by atoms with E-state index >= 15 is 0 Å². The molecular weight excluding hydrogens is 384 g/mol. The third-order valence-electron chi connectivity index (χ3n) is 3.96. The topological polar surface area (TPSA) is 78.9 Å². The van der Waals surface area contributed by atoms with Crippen molar-refractivity contribution in [2.24, 2.45) is 0 Å². The average molecular weight is 406 g/mol. The Hall–Kier alpha value is -3.93. The highest BCUT2D eigenvalue weighted by molar-refractivity contribution is 6.03. The number of hydrogen-bond acceptors (Lipinski definition) is 6. The number of methoxy groups -OCH3 is 2. The van der Waals surface area contributed by atoms with Gasteiger partial charge in [0.05, 0.1) is 30.9 Å². The largest absolute Gasteiger partial charge is 0.465 e. The zero-order valence-electron chi connectivity index (χ0n) is 16.7. The second-order valence-corrected chi connectivity index (χ2v) is 5.96. The van der Waals surface area contributed by atoms with Crippen molar-refractivity contribution in [3.05, 3.63) is 107 Å². The summed E-state index contributed by atoms with van der Waals surface area (Å²) >= 11 is 0. The molecule has 0 amide bonds. The third-order valence-corrected chi connectivity index (χ3v) is 3.96. The second-order valence-electron chi connectivity index (χ2n) is 5.96. The van der Waals surface area contributed by atoms with Crippen molar-refractivity contribution < 1.29 is 28.6 Å². The number of carbonyl (C=O) groups excluding carboxylic acids is 3. The van der Waals surface area contributed by atoms with Crippen LogP contribution in [0, 0.1) is 0 Å². The fourth-order valence-electron chi connectivity index (χ4n) is 2.44. The molecule has 0 saturated heterocycles. The third kappa shape index (κ3) is 6.60. The van der Waals surface area contributed by atoms with E-state index in [1.807, 2.05) is 48.5 Å². The van der Waals surface area contributed by atoms with Gasteiger partial charge in [-0.1, -0.05) is 60.7 Å². The summed E-state index contributed by atoms with van der Waals surface area (Å²) in [5, 5.41) is 0. The lowest BCUT2D eigenvalue weighted by molar-refractivity contribution is 0.0472. The van der Waals surface area contributed by atoms with Gasteiger partial charge in [-0.25, -0.2) is 14.4 Å². The highest BCUT2D eigenvalue weighted by Gasteiger charge is 2.16. The van der Waals surface area contributed by atoms with E-state index in [0.717, 1.165) is 5.56 Å². The molecule has 0 N–H and O–H groups in total. The Morgan fingerprint density at radius 2 is 1.03 bits per heavy atom. The van der Waals surface area contributed by atoms with Crippen LogP contribution in [0.4, 0.5) is 0 Å². The van der Waals surface area contributed by atoms with Crippen LogP contribution in [0.25, 0.3) is 0 Å². The minimum Gasteiger partial charge on any atom is -0.465 e. The molecule has 3 aromatic rings. The van der Waals surface area contributed by atoms with Crippen LogP contribution in [0.3, 0.4) is 0 Å². The van der Waals surface area contributed by atoms with Crippen LogP contribution in [-0.2, 0) is 20.8 Å². The summed E-state index contributed by atoms with van der Waals surface area (Å²) in [5.41, 5.74) is 1.99. The lowest BCUT2D eigenvalue weighted by atomic mass is 10.1. The van der Waals surface area contributed by atoms with Gasteiger partial charge in [-0.2, -0.15) is 0 Å². The molecule has 6 nitrogen and oxygen atoms in total. The standard InChI is InChI=1S/C14H12O2.C10H10O4/c15-14(13-9-5-2-6-10-13)16-11-12-7-3-1-4-8-12;1-13-9(11)7-5-3-4-6-8(7)10(12)14-2/h1-10H,11H2;3-6H,1-2H3. The molecule has 0 aliphatic carbocycles. The van der Waals surface area contributed by atoms with Crippen molar-refractivity contribution in [3.63, 3.8) is 0 Å². The molecule has 0 aliphatic heterocycles. The quantitative estimate of drug-likeness (QED) is 0.464. The van der Waals surface area contributed by atoms with Crippen molar-refractivity contribution in [2.75, 3.05) is 14.2 Å². The number of ether oxygens (including phenoxy) is 3. The summed E-state index contributed by atoms with van der Waals surface area (Å²) in [7, 11) is 2.52. The second kappa shape index (κ2) is 11.8. The fourth-order valence-corrected chi connectivity index (χ4v) is 2.44. The van der Waals surface area contributed by atoms with Gasteiger partial charge in [0.1, 0.15) is 6.61 Å². The van der Waals surface area contributed by atoms with Crippen molar-refractivity contribution in [1.82, 2.24) is 0 Å². The average Bonchev–Trinajstić information content (AvgIpc) is 2.83. The maximum atomic E-state index is 11.6. The zero-order chi connectivity index (χ0) is 21.8. The van der Waals surface area contributed by atoms with E-state index in [1.165, 1.54) is 26.4 Å². The molecule has 0 spiro atoms. The Kier molecular flexibility index (Phi) is 8.80.